The Morgan fingerprint density at radius 3 is 3.00 bits per heavy atom. The fourth-order valence-corrected chi connectivity index (χ4v) is 3.14. The highest BCUT2D eigenvalue weighted by Crippen LogP contribution is 2.26. The van der Waals surface area contributed by atoms with E-state index in [4.69, 9.17) is 0 Å². The number of hydrogen-bond donors (Lipinski definition) is 2. The molecule has 1 aliphatic heterocycles. The second kappa shape index (κ2) is 6.70. The van der Waals surface area contributed by atoms with Gasteiger partial charge in [0.1, 0.15) is 29.3 Å². The summed E-state index contributed by atoms with van der Waals surface area (Å²) < 4.78 is 0. The van der Waals surface area contributed by atoms with Crippen molar-refractivity contribution in [2.45, 2.75) is 12.0 Å². The lowest BCUT2D eigenvalue weighted by molar-refractivity contribution is 0.0574. The first-order chi connectivity index (χ1) is 11.5. The van der Waals surface area contributed by atoms with Crippen molar-refractivity contribution in [1.29, 1.82) is 0 Å². The number of carbonyl (C=O) groups is 1. The largest absolute Gasteiger partial charge is 0.386 e. The molecule has 2 aromatic heterocycles. The van der Waals surface area contributed by atoms with E-state index in [0.29, 0.717) is 25.2 Å². The van der Waals surface area contributed by atoms with Crippen LogP contribution in [0.2, 0.25) is 0 Å². The molecule has 2 aromatic rings. The lowest BCUT2D eigenvalue weighted by Gasteiger charge is -2.24. The standard InChI is InChI=1S/C15H20N6O2S/c1-20(2)12-5-13(18-9-17-12)21-4-3-15(23,8-21)7-16-14(22)11-6-24-10-19-11/h5-6,9-10,23H,3-4,7-8H2,1-2H3,(H,16,22)/t15-/m0/s1. The number of carbonyl (C=O) groups excluding carboxylic acids is 1. The van der Waals surface area contributed by atoms with Crippen LogP contribution in [-0.4, -0.2) is 65.3 Å². The van der Waals surface area contributed by atoms with Gasteiger partial charge in [-0.3, -0.25) is 4.79 Å². The van der Waals surface area contributed by atoms with Crippen LogP contribution >= 0.6 is 11.3 Å². The molecule has 0 spiro atoms. The van der Waals surface area contributed by atoms with E-state index in [2.05, 4.69) is 20.3 Å². The van der Waals surface area contributed by atoms with E-state index in [1.165, 1.54) is 17.7 Å². The molecule has 24 heavy (non-hydrogen) atoms. The first-order valence-corrected chi connectivity index (χ1v) is 8.54. The van der Waals surface area contributed by atoms with Crippen molar-refractivity contribution in [2.24, 2.45) is 0 Å². The van der Waals surface area contributed by atoms with Crippen LogP contribution in [-0.2, 0) is 0 Å². The number of thiazole rings is 1. The highest BCUT2D eigenvalue weighted by Gasteiger charge is 2.37. The SMILES string of the molecule is CN(C)c1cc(N2CC[C@](O)(CNC(=O)c3cscn3)C2)ncn1. The predicted molar refractivity (Wildman–Crippen MR) is 92.6 cm³/mol. The van der Waals surface area contributed by atoms with Gasteiger partial charge in [0.25, 0.3) is 5.91 Å². The molecule has 1 saturated heterocycles. The summed E-state index contributed by atoms with van der Waals surface area (Å²) in [5.41, 5.74) is 1.01. The van der Waals surface area contributed by atoms with Crippen LogP contribution in [0.25, 0.3) is 0 Å². The second-order valence-corrected chi connectivity index (χ2v) is 6.80. The van der Waals surface area contributed by atoms with Gasteiger partial charge in [-0.25, -0.2) is 15.0 Å². The third-order valence-corrected chi connectivity index (χ3v) is 4.58. The highest BCUT2D eigenvalue weighted by molar-refractivity contribution is 7.07. The van der Waals surface area contributed by atoms with Crippen molar-refractivity contribution in [2.75, 3.05) is 43.5 Å². The van der Waals surface area contributed by atoms with Gasteiger partial charge in [0.2, 0.25) is 0 Å². The Hall–Kier alpha value is -2.26. The van der Waals surface area contributed by atoms with Crippen LogP contribution < -0.4 is 15.1 Å². The molecule has 0 unspecified atom stereocenters. The molecule has 0 saturated carbocycles. The van der Waals surface area contributed by atoms with Crippen molar-refractivity contribution in [3.05, 3.63) is 29.0 Å². The Labute approximate surface area is 144 Å². The maximum absolute atomic E-state index is 12.0. The summed E-state index contributed by atoms with van der Waals surface area (Å²) in [7, 11) is 3.83. The molecule has 0 radical (unpaired) electrons. The normalized spacial score (nSPS) is 20.2. The van der Waals surface area contributed by atoms with Crippen LogP contribution in [0.4, 0.5) is 11.6 Å². The number of aromatic nitrogens is 3. The molecule has 9 heteroatoms. The second-order valence-electron chi connectivity index (χ2n) is 6.08. The quantitative estimate of drug-likeness (QED) is 0.806. The van der Waals surface area contributed by atoms with Crippen molar-refractivity contribution in [3.8, 4) is 0 Å². The van der Waals surface area contributed by atoms with E-state index < -0.39 is 5.60 Å². The summed E-state index contributed by atoms with van der Waals surface area (Å²) in [5, 5.41) is 15.2. The molecule has 1 aliphatic rings. The molecular formula is C15H20N6O2S. The lowest BCUT2D eigenvalue weighted by atomic mass is 10.0. The Morgan fingerprint density at radius 2 is 2.29 bits per heavy atom. The summed E-state index contributed by atoms with van der Waals surface area (Å²) in [5.74, 6) is 1.32. The van der Waals surface area contributed by atoms with Crippen LogP contribution in [0.15, 0.2) is 23.3 Å². The summed E-state index contributed by atoms with van der Waals surface area (Å²) in [6.45, 7) is 1.27. The van der Waals surface area contributed by atoms with Gasteiger partial charge < -0.3 is 20.2 Å². The number of aliphatic hydroxyl groups is 1. The summed E-state index contributed by atoms with van der Waals surface area (Å²) in [4.78, 5) is 28.3. The molecule has 2 N–H and O–H groups in total. The topological polar surface area (TPSA) is 94.5 Å². The van der Waals surface area contributed by atoms with E-state index in [9.17, 15) is 9.90 Å². The van der Waals surface area contributed by atoms with E-state index in [1.807, 2.05) is 30.0 Å². The third kappa shape index (κ3) is 3.62. The lowest BCUT2D eigenvalue weighted by Crippen LogP contribution is -2.45. The van der Waals surface area contributed by atoms with E-state index >= 15 is 0 Å². The first kappa shape index (κ1) is 16.6. The van der Waals surface area contributed by atoms with Gasteiger partial charge >= 0.3 is 0 Å². The van der Waals surface area contributed by atoms with Crippen molar-refractivity contribution >= 4 is 28.9 Å². The van der Waals surface area contributed by atoms with Gasteiger partial charge in [0.05, 0.1) is 5.51 Å². The van der Waals surface area contributed by atoms with Gasteiger partial charge in [-0.15, -0.1) is 11.3 Å². The van der Waals surface area contributed by atoms with Crippen molar-refractivity contribution < 1.29 is 9.90 Å². The van der Waals surface area contributed by atoms with Crippen LogP contribution in [0, 0.1) is 0 Å². The Kier molecular flexibility index (Phi) is 4.63. The molecule has 128 valence electrons. The fraction of sp³-hybridized carbons (Fsp3) is 0.467. The molecule has 3 rings (SSSR count). The zero-order valence-corrected chi connectivity index (χ0v) is 14.5. The van der Waals surface area contributed by atoms with Crippen LogP contribution in [0.1, 0.15) is 16.9 Å². The Bertz CT molecular complexity index is 708. The molecule has 0 bridgehead atoms. The number of hydrogen-bond acceptors (Lipinski definition) is 8. The van der Waals surface area contributed by atoms with Crippen molar-refractivity contribution in [1.82, 2.24) is 20.3 Å². The van der Waals surface area contributed by atoms with Gasteiger partial charge in [-0.2, -0.15) is 0 Å². The molecule has 0 aliphatic carbocycles. The monoisotopic (exact) mass is 348 g/mol. The molecule has 1 atom stereocenters. The number of nitrogens with zero attached hydrogens (tertiary/aromatic N) is 5. The fourth-order valence-electron chi connectivity index (χ4n) is 2.61. The minimum absolute atomic E-state index is 0.186. The minimum atomic E-state index is -0.977. The number of amides is 1. The molecule has 1 fully saturated rings. The summed E-state index contributed by atoms with van der Waals surface area (Å²) in [6, 6.07) is 1.89. The Morgan fingerprint density at radius 1 is 1.46 bits per heavy atom. The number of β-amino-alcohol motifs (C(OH)–C–C–N with tert-alkyl or cyclic N) is 1. The maximum atomic E-state index is 12.0. The van der Waals surface area contributed by atoms with Crippen molar-refractivity contribution in [3.63, 3.8) is 0 Å². The zero-order valence-electron chi connectivity index (χ0n) is 13.6. The maximum Gasteiger partial charge on any atom is 0.270 e. The van der Waals surface area contributed by atoms with E-state index in [0.717, 1.165) is 11.6 Å². The van der Waals surface area contributed by atoms with Crippen LogP contribution in [0.3, 0.4) is 0 Å². The average Bonchev–Trinajstić information content (AvgIpc) is 3.23. The molecule has 8 nitrogen and oxygen atoms in total. The summed E-state index contributed by atoms with van der Waals surface area (Å²) in [6.07, 6.45) is 2.08. The predicted octanol–water partition coefficient (Wildman–Crippen LogP) is 0.370. The zero-order chi connectivity index (χ0) is 17.2. The number of nitrogens with one attached hydrogen (secondary N) is 1. The van der Waals surface area contributed by atoms with Crippen LogP contribution in [0.5, 0.6) is 0 Å². The molecule has 1 amide bonds. The smallest absolute Gasteiger partial charge is 0.270 e. The van der Waals surface area contributed by atoms with Gasteiger partial charge in [-0.1, -0.05) is 0 Å². The van der Waals surface area contributed by atoms with E-state index in [1.54, 1.807) is 10.9 Å². The average molecular weight is 348 g/mol. The van der Waals surface area contributed by atoms with E-state index in [-0.39, 0.29) is 12.5 Å². The minimum Gasteiger partial charge on any atom is -0.386 e. The summed E-state index contributed by atoms with van der Waals surface area (Å²) >= 11 is 1.37. The van der Waals surface area contributed by atoms with Gasteiger partial charge in [0.15, 0.2) is 0 Å². The molecule has 3 heterocycles. The number of rotatable bonds is 5. The first-order valence-electron chi connectivity index (χ1n) is 7.60. The van der Waals surface area contributed by atoms with Gasteiger partial charge in [-0.05, 0) is 6.42 Å². The highest BCUT2D eigenvalue weighted by atomic mass is 32.1. The Balaban J connectivity index is 1.61. The van der Waals surface area contributed by atoms with Gasteiger partial charge in [0, 0.05) is 45.2 Å². The molecular weight excluding hydrogens is 328 g/mol. The molecule has 0 aromatic carbocycles. The number of anilines is 2. The third-order valence-electron chi connectivity index (χ3n) is 4.00.